The van der Waals surface area contributed by atoms with Crippen LogP contribution in [-0.2, 0) is 0 Å². The fourth-order valence-corrected chi connectivity index (χ4v) is 2.74. The Balaban J connectivity index is 2.10. The van der Waals surface area contributed by atoms with E-state index < -0.39 is 4.92 Å². The summed E-state index contributed by atoms with van der Waals surface area (Å²) in [5, 5.41) is 17.4. The molecular formula is C18H21N3O5S. The quantitative estimate of drug-likeness (QED) is 0.419. The number of benzene rings is 2. The lowest BCUT2D eigenvalue weighted by atomic mass is 10.1. The van der Waals surface area contributed by atoms with Crippen LogP contribution in [0.1, 0.15) is 18.5 Å². The number of rotatable bonds is 7. The molecule has 1 unspecified atom stereocenters. The van der Waals surface area contributed by atoms with E-state index in [1.807, 2.05) is 25.1 Å². The molecule has 0 radical (unpaired) electrons. The van der Waals surface area contributed by atoms with Gasteiger partial charge in [0.25, 0.3) is 5.69 Å². The number of hydrogen-bond donors (Lipinski definition) is 2. The van der Waals surface area contributed by atoms with Crippen molar-refractivity contribution in [1.29, 1.82) is 0 Å². The van der Waals surface area contributed by atoms with Crippen LogP contribution in [0.3, 0.4) is 0 Å². The molecule has 0 spiro atoms. The molecule has 0 aromatic heterocycles. The minimum Gasteiger partial charge on any atom is -0.494 e. The topological polar surface area (TPSA) is 94.9 Å². The molecule has 27 heavy (non-hydrogen) atoms. The maximum Gasteiger partial charge on any atom is 0.273 e. The zero-order valence-electron chi connectivity index (χ0n) is 15.4. The van der Waals surface area contributed by atoms with Crippen molar-refractivity contribution in [1.82, 2.24) is 5.32 Å². The van der Waals surface area contributed by atoms with Gasteiger partial charge in [-0.1, -0.05) is 6.07 Å². The molecule has 2 aromatic rings. The van der Waals surface area contributed by atoms with Crippen LogP contribution in [0, 0.1) is 10.1 Å². The first-order valence-corrected chi connectivity index (χ1v) is 8.42. The number of non-ortho nitro benzene ring substituents is 1. The van der Waals surface area contributed by atoms with Crippen molar-refractivity contribution in [3.05, 3.63) is 52.1 Å². The van der Waals surface area contributed by atoms with E-state index in [2.05, 4.69) is 10.6 Å². The molecule has 0 fully saturated rings. The molecule has 2 N–H and O–H groups in total. The third-order valence-corrected chi connectivity index (χ3v) is 4.12. The van der Waals surface area contributed by atoms with Gasteiger partial charge in [0.15, 0.2) is 16.6 Å². The van der Waals surface area contributed by atoms with Crippen molar-refractivity contribution in [2.24, 2.45) is 0 Å². The maximum absolute atomic E-state index is 10.9. The van der Waals surface area contributed by atoms with Gasteiger partial charge in [-0.2, -0.15) is 0 Å². The number of nitro groups is 1. The Morgan fingerprint density at radius 2 is 1.70 bits per heavy atom. The van der Waals surface area contributed by atoms with E-state index in [0.29, 0.717) is 28.0 Å². The van der Waals surface area contributed by atoms with Crippen LogP contribution < -0.4 is 24.8 Å². The van der Waals surface area contributed by atoms with Crippen LogP contribution in [0.15, 0.2) is 36.4 Å². The van der Waals surface area contributed by atoms with Gasteiger partial charge < -0.3 is 24.8 Å². The number of nitrogens with one attached hydrogen (secondary N) is 2. The van der Waals surface area contributed by atoms with E-state index in [4.69, 9.17) is 26.4 Å². The summed E-state index contributed by atoms with van der Waals surface area (Å²) < 4.78 is 15.8. The number of ether oxygens (including phenoxy) is 3. The molecule has 0 aliphatic rings. The third-order valence-electron chi connectivity index (χ3n) is 3.90. The van der Waals surface area contributed by atoms with Gasteiger partial charge in [0.2, 0.25) is 0 Å². The Bertz CT molecular complexity index is 844. The van der Waals surface area contributed by atoms with E-state index in [9.17, 15) is 10.1 Å². The fourth-order valence-electron chi connectivity index (χ4n) is 2.46. The van der Waals surface area contributed by atoms with Crippen molar-refractivity contribution in [3.63, 3.8) is 0 Å². The number of anilines is 1. The van der Waals surface area contributed by atoms with Gasteiger partial charge in [0, 0.05) is 6.07 Å². The number of methoxy groups -OCH3 is 3. The van der Waals surface area contributed by atoms with Gasteiger partial charge in [-0.15, -0.1) is 0 Å². The van der Waals surface area contributed by atoms with Crippen LogP contribution in [0.5, 0.6) is 17.2 Å². The summed E-state index contributed by atoms with van der Waals surface area (Å²) in [5.41, 5.74) is 1.42. The van der Waals surface area contributed by atoms with Crippen molar-refractivity contribution in [2.75, 3.05) is 26.6 Å². The highest BCUT2D eigenvalue weighted by Gasteiger charge is 2.14. The standard InChI is InChI=1S/C18H21N3O5S/c1-11(12-5-8-15(24-2)17(9-12)26-4)19-18(27)20-14-7-6-13(21(22)23)10-16(14)25-3/h5-11H,1-4H3,(H2,19,20,27). The van der Waals surface area contributed by atoms with Gasteiger partial charge in [-0.3, -0.25) is 10.1 Å². The lowest BCUT2D eigenvalue weighted by Crippen LogP contribution is -2.31. The molecule has 0 bridgehead atoms. The predicted octanol–water partition coefficient (Wildman–Crippen LogP) is 3.67. The van der Waals surface area contributed by atoms with Gasteiger partial charge >= 0.3 is 0 Å². The summed E-state index contributed by atoms with van der Waals surface area (Å²) in [7, 11) is 4.59. The summed E-state index contributed by atoms with van der Waals surface area (Å²) in [4.78, 5) is 10.4. The summed E-state index contributed by atoms with van der Waals surface area (Å²) in [5.74, 6) is 1.59. The molecule has 144 valence electrons. The van der Waals surface area contributed by atoms with Crippen molar-refractivity contribution in [2.45, 2.75) is 13.0 Å². The average molecular weight is 391 g/mol. The van der Waals surface area contributed by atoms with Crippen LogP contribution in [0.4, 0.5) is 11.4 Å². The summed E-state index contributed by atoms with van der Waals surface area (Å²) in [6, 6.07) is 9.75. The first-order chi connectivity index (χ1) is 12.9. The van der Waals surface area contributed by atoms with Crippen molar-refractivity contribution < 1.29 is 19.1 Å². The minimum absolute atomic E-state index is 0.0602. The van der Waals surface area contributed by atoms with Crippen molar-refractivity contribution >= 4 is 28.7 Å². The number of nitrogens with zero attached hydrogens (tertiary/aromatic N) is 1. The van der Waals surface area contributed by atoms with Gasteiger partial charge in [0.1, 0.15) is 5.75 Å². The van der Waals surface area contributed by atoms with E-state index >= 15 is 0 Å². The van der Waals surface area contributed by atoms with E-state index in [1.165, 1.54) is 19.2 Å². The van der Waals surface area contributed by atoms with E-state index in [-0.39, 0.29) is 11.7 Å². The van der Waals surface area contributed by atoms with E-state index in [0.717, 1.165) is 5.56 Å². The number of nitro benzene ring substituents is 1. The third kappa shape index (κ3) is 4.98. The Kier molecular flexibility index (Phi) is 6.78. The average Bonchev–Trinajstić information content (AvgIpc) is 2.67. The Morgan fingerprint density at radius 1 is 1.04 bits per heavy atom. The Labute approximate surface area is 162 Å². The molecule has 9 heteroatoms. The number of hydrogen-bond acceptors (Lipinski definition) is 6. The van der Waals surface area contributed by atoms with Crippen molar-refractivity contribution in [3.8, 4) is 17.2 Å². The Morgan fingerprint density at radius 3 is 2.30 bits per heavy atom. The molecule has 0 heterocycles. The summed E-state index contributed by atoms with van der Waals surface area (Å²) in [6.07, 6.45) is 0. The second-order valence-electron chi connectivity index (χ2n) is 5.58. The molecule has 1 atom stereocenters. The van der Waals surface area contributed by atoms with Gasteiger partial charge in [-0.25, -0.2) is 0 Å². The normalized spacial score (nSPS) is 11.3. The van der Waals surface area contributed by atoms with Crippen LogP contribution in [0.25, 0.3) is 0 Å². The molecule has 2 aromatic carbocycles. The molecule has 2 rings (SSSR count). The van der Waals surface area contributed by atoms with E-state index in [1.54, 1.807) is 20.3 Å². The molecule has 8 nitrogen and oxygen atoms in total. The lowest BCUT2D eigenvalue weighted by Gasteiger charge is -2.19. The highest BCUT2D eigenvalue weighted by molar-refractivity contribution is 7.80. The molecule has 0 aliphatic carbocycles. The molecular weight excluding hydrogens is 370 g/mol. The first-order valence-electron chi connectivity index (χ1n) is 8.01. The highest BCUT2D eigenvalue weighted by Crippen LogP contribution is 2.31. The lowest BCUT2D eigenvalue weighted by molar-refractivity contribution is -0.384. The molecule has 0 aliphatic heterocycles. The molecule has 0 saturated carbocycles. The zero-order chi connectivity index (χ0) is 20.0. The SMILES string of the molecule is COc1cc([N+](=O)[O-])ccc1NC(=S)NC(C)c1ccc(OC)c(OC)c1. The van der Waals surface area contributed by atoms with Crippen LogP contribution >= 0.6 is 12.2 Å². The van der Waals surface area contributed by atoms with Crippen LogP contribution in [-0.4, -0.2) is 31.4 Å². The molecule has 0 amide bonds. The zero-order valence-corrected chi connectivity index (χ0v) is 16.3. The highest BCUT2D eigenvalue weighted by atomic mass is 32.1. The fraction of sp³-hybridized carbons (Fsp3) is 0.278. The summed E-state index contributed by atoms with van der Waals surface area (Å²) >= 11 is 5.35. The summed E-state index contributed by atoms with van der Waals surface area (Å²) in [6.45, 7) is 1.95. The Hall–Kier alpha value is -3.07. The van der Waals surface area contributed by atoms with Crippen LogP contribution in [0.2, 0.25) is 0 Å². The predicted molar refractivity (Wildman–Crippen MR) is 107 cm³/mol. The first kappa shape index (κ1) is 20.2. The second-order valence-corrected chi connectivity index (χ2v) is 5.98. The van der Waals surface area contributed by atoms with Gasteiger partial charge in [0.05, 0.1) is 44.0 Å². The number of thiocarbonyl (C=S) groups is 1. The minimum atomic E-state index is -0.484. The molecule has 0 saturated heterocycles. The largest absolute Gasteiger partial charge is 0.494 e. The second kappa shape index (κ2) is 9.04. The monoisotopic (exact) mass is 391 g/mol. The van der Waals surface area contributed by atoms with Gasteiger partial charge in [-0.05, 0) is 42.9 Å². The maximum atomic E-state index is 10.9. The smallest absolute Gasteiger partial charge is 0.273 e.